The fraction of sp³-hybridized carbons (Fsp3) is 0.500. The number of nitrogens with two attached hydrogens (primary N) is 1. The second-order valence-electron chi connectivity index (χ2n) is 5.47. The molecule has 2 aliphatic rings. The molecule has 21 heavy (non-hydrogen) atoms. The van der Waals surface area contributed by atoms with E-state index in [-0.39, 0.29) is 24.2 Å². The first kappa shape index (κ1) is 14.9. The number of benzene rings is 1. The van der Waals surface area contributed by atoms with Gasteiger partial charge in [0.1, 0.15) is 0 Å². The molecule has 1 heterocycles. The Morgan fingerprint density at radius 2 is 2.14 bits per heavy atom. The van der Waals surface area contributed by atoms with Crippen molar-refractivity contribution >= 4 is 34.9 Å². The molecule has 4 unspecified atom stereocenters. The van der Waals surface area contributed by atoms with Crippen LogP contribution in [0.3, 0.4) is 0 Å². The molecular weight excluding hydrogens is 313 g/mol. The molecule has 5 nitrogen and oxygen atoms in total. The standard InChI is InChI=1S/C14H17Cl2N3O2/c15-9-4-3-7(6-10(9)16)18-14(20)19-12-11(17)8-2-1-5-21-13(8)12/h3-4,6,8,11-13H,1-2,5,17H2,(H2,18,19,20). The number of rotatable bonds is 2. The predicted molar refractivity (Wildman–Crippen MR) is 82.8 cm³/mol. The van der Waals surface area contributed by atoms with Crippen molar-refractivity contribution in [1.82, 2.24) is 5.32 Å². The van der Waals surface area contributed by atoms with E-state index in [1.807, 2.05) is 0 Å². The first-order chi connectivity index (χ1) is 10.1. The molecule has 114 valence electrons. The predicted octanol–water partition coefficient (Wildman–Crippen LogP) is 2.62. The van der Waals surface area contributed by atoms with Gasteiger partial charge in [0.25, 0.3) is 0 Å². The fourth-order valence-electron chi connectivity index (χ4n) is 3.02. The molecule has 1 saturated carbocycles. The second kappa shape index (κ2) is 6.01. The van der Waals surface area contributed by atoms with Crippen molar-refractivity contribution in [3.63, 3.8) is 0 Å². The zero-order valence-corrected chi connectivity index (χ0v) is 12.8. The lowest BCUT2D eigenvalue weighted by molar-refractivity contribution is -0.116. The van der Waals surface area contributed by atoms with Crippen LogP contribution in [0.2, 0.25) is 10.0 Å². The third-order valence-electron chi connectivity index (χ3n) is 4.15. The molecule has 0 spiro atoms. The van der Waals surface area contributed by atoms with Crippen LogP contribution in [0.5, 0.6) is 0 Å². The average Bonchev–Trinajstić information content (AvgIpc) is 2.48. The molecule has 0 radical (unpaired) electrons. The first-order valence-electron chi connectivity index (χ1n) is 6.96. The number of carbonyl (C=O) groups is 1. The van der Waals surface area contributed by atoms with Gasteiger partial charge in [-0.05, 0) is 31.0 Å². The van der Waals surface area contributed by atoms with E-state index < -0.39 is 0 Å². The molecule has 1 aliphatic carbocycles. The van der Waals surface area contributed by atoms with Crippen LogP contribution in [-0.4, -0.2) is 30.8 Å². The highest BCUT2D eigenvalue weighted by molar-refractivity contribution is 6.42. The van der Waals surface area contributed by atoms with Crippen LogP contribution in [0.25, 0.3) is 0 Å². The van der Waals surface area contributed by atoms with Crippen molar-refractivity contribution in [2.45, 2.75) is 31.0 Å². The first-order valence-corrected chi connectivity index (χ1v) is 7.71. The monoisotopic (exact) mass is 329 g/mol. The lowest BCUT2D eigenvalue weighted by Crippen LogP contribution is -2.72. The highest BCUT2D eigenvalue weighted by Gasteiger charge is 2.51. The summed E-state index contributed by atoms with van der Waals surface area (Å²) in [5.41, 5.74) is 6.68. The molecule has 1 aromatic carbocycles. The van der Waals surface area contributed by atoms with E-state index in [1.54, 1.807) is 18.2 Å². The van der Waals surface area contributed by atoms with Crippen molar-refractivity contribution < 1.29 is 9.53 Å². The number of hydrogen-bond donors (Lipinski definition) is 3. The number of amides is 2. The minimum atomic E-state index is -0.318. The van der Waals surface area contributed by atoms with Crippen molar-refractivity contribution in [3.05, 3.63) is 28.2 Å². The summed E-state index contributed by atoms with van der Waals surface area (Å²) < 4.78 is 5.68. The Bertz CT molecular complexity index is 555. The van der Waals surface area contributed by atoms with E-state index in [9.17, 15) is 4.79 Å². The van der Waals surface area contributed by atoms with Crippen molar-refractivity contribution in [2.24, 2.45) is 11.7 Å². The third-order valence-corrected chi connectivity index (χ3v) is 4.89. The maximum atomic E-state index is 12.0. The van der Waals surface area contributed by atoms with Crippen LogP contribution in [0.15, 0.2) is 18.2 Å². The van der Waals surface area contributed by atoms with Crippen LogP contribution in [0.1, 0.15) is 12.8 Å². The zero-order chi connectivity index (χ0) is 15.0. The van der Waals surface area contributed by atoms with Crippen LogP contribution < -0.4 is 16.4 Å². The number of hydrogen-bond acceptors (Lipinski definition) is 3. The van der Waals surface area contributed by atoms with Gasteiger partial charge in [0, 0.05) is 24.3 Å². The summed E-state index contributed by atoms with van der Waals surface area (Å²) in [4.78, 5) is 12.0. The van der Waals surface area contributed by atoms with Crippen LogP contribution in [-0.2, 0) is 4.74 Å². The maximum Gasteiger partial charge on any atom is 0.319 e. The van der Waals surface area contributed by atoms with Crippen LogP contribution in [0, 0.1) is 5.92 Å². The third kappa shape index (κ3) is 2.97. The van der Waals surface area contributed by atoms with Gasteiger partial charge in [-0.2, -0.15) is 0 Å². The van der Waals surface area contributed by atoms with Crippen molar-refractivity contribution in [1.29, 1.82) is 0 Å². The molecule has 1 saturated heterocycles. The molecular formula is C14H17Cl2N3O2. The molecule has 1 aliphatic heterocycles. The molecule has 7 heteroatoms. The number of fused-ring (bicyclic) bond motifs is 1. The normalized spacial score (nSPS) is 31.0. The van der Waals surface area contributed by atoms with E-state index in [0.29, 0.717) is 21.7 Å². The van der Waals surface area contributed by atoms with Gasteiger partial charge in [-0.3, -0.25) is 0 Å². The molecule has 4 atom stereocenters. The SMILES string of the molecule is NC1C2CCCOC2C1NC(=O)Nc1ccc(Cl)c(Cl)c1. The Balaban J connectivity index is 1.58. The quantitative estimate of drug-likeness (QED) is 0.780. The van der Waals surface area contributed by atoms with Gasteiger partial charge in [-0.25, -0.2) is 4.79 Å². The number of ether oxygens (including phenoxy) is 1. The van der Waals surface area contributed by atoms with Crippen molar-refractivity contribution in [2.75, 3.05) is 11.9 Å². The minimum Gasteiger partial charge on any atom is -0.376 e. The van der Waals surface area contributed by atoms with Gasteiger partial charge in [-0.15, -0.1) is 0 Å². The van der Waals surface area contributed by atoms with E-state index >= 15 is 0 Å². The minimum absolute atomic E-state index is 0.0355. The topological polar surface area (TPSA) is 76.4 Å². The smallest absolute Gasteiger partial charge is 0.319 e. The van der Waals surface area contributed by atoms with Crippen LogP contribution in [0.4, 0.5) is 10.5 Å². The van der Waals surface area contributed by atoms with Crippen molar-refractivity contribution in [3.8, 4) is 0 Å². The van der Waals surface area contributed by atoms with Gasteiger partial charge in [0.05, 0.1) is 22.2 Å². The van der Waals surface area contributed by atoms with Gasteiger partial charge < -0.3 is 21.1 Å². The lowest BCUT2D eigenvalue weighted by atomic mass is 9.69. The summed E-state index contributed by atoms with van der Waals surface area (Å²) in [5, 5.41) is 6.43. The number of nitrogens with one attached hydrogen (secondary N) is 2. The number of urea groups is 1. The Labute approximate surface area is 133 Å². The van der Waals surface area contributed by atoms with E-state index in [2.05, 4.69) is 10.6 Å². The second-order valence-corrected chi connectivity index (χ2v) is 6.29. The zero-order valence-electron chi connectivity index (χ0n) is 11.3. The van der Waals surface area contributed by atoms with Gasteiger partial charge >= 0.3 is 6.03 Å². The fourth-order valence-corrected chi connectivity index (χ4v) is 3.32. The molecule has 1 aromatic rings. The summed E-state index contributed by atoms with van der Waals surface area (Å²) in [7, 11) is 0. The van der Waals surface area contributed by atoms with Gasteiger partial charge in [0.15, 0.2) is 0 Å². The Hall–Kier alpha value is -1.01. The number of carbonyl (C=O) groups excluding carboxylic acids is 1. The van der Waals surface area contributed by atoms with Gasteiger partial charge in [-0.1, -0.05) is 23.2 Å². The molecule has 2 fully saturated rings. The Morgan fingerprint density at radius 1 is 1.33 bits per heavy atom. The highest BCUT2D eigenvalue weighted by atomic mass is 35.5. The average molecular weight is 330 g/mol. The van der Waals surface area contributed by atoms with E-state index in [1.165, 1.54) is 0 Å². The van der Waals surface area contributed by atoms with Crippen LogP contribution >= 0.6 is 23.2 Å². The summed E-state index contributed by atoms with van der Waals surface area (Å²) in [6.07, 6.45) is 2.14. The van der Waals surface area contributed by atoms with E-state index in [0.717, 1.165) is 19.4 Å². The Kier molecular flexibility index (Phi) is 4.26. The lowest BCUT2D eigenvalue weighted by Gasteiger charge is -2.52. The summed E-state index contributed by atoms with van der Waals surface area (Å²) in [6.45, 7) is 0.737. The molecule has 3 rings (SSSR count). The molecule has 0 bridgehead atoms. The largest absolute Gasteiger partial charge is 0.376 e. The molecule has 4 N–H and O–H groups in total. The molecule has 0 aromatic heterocycles. The highest BCUT2D eigenvalue weighted by Crippen LogP contribution is 2.37. The molecule has 2 amide bonds. The Morgan fingerprint density at radius 3 is 2.90 bits per heavy atom. The van der Waals surface area contributed by atoms with E-state index in [4.69, 9.17) is 33.7 Å². The summed E-state index contributed by atoms with van der Waals surface area (Å²) in [6, 6.07) is 4.42. The van der Waals surface area contributed by atoms with Gasteiger partial charge in [0.2, 0.25) is 0 Å². The number of halogens is 2. The summed E-state index contributed by atoms with van der Waals surface area (Å²) >= 11 is 11.7. The maximum absolute atomic E-state index is 12.0. The number of anilines is 1. The summed E-state index contributed by atoms with van der Waals surface area (Å²) in [5.74, 6) is 0.356.